The molecule has 0 saturated heterocycles. The molecule has 2 N–H and O–H groups in total. The monoisotopic (exact) mass is 376 g/mol. The zero-order valence-electron chi connectivity index (χ0n) is 16.9. The maximum absolute atomic E-state index is 12.8. The quantitative estimate of drug-likeness (QED) is 0.597. The second-order valence-corrected chi connectivity index (χ2v) is 7.32. The molecule has 0 bridgehead atoms. The summed E-state index contributed by atoms with van der Waals surface area (Å²) in [5.41, 5.74) is 2.21. The molecule has 1 heterocycles. The Kier molecular flexibility index (Phi) is 6.14. The second-order valence-electron chi connectivity index (χ2n) is 7.32. The molecule has 0 spiro atoms. The molecule has 0 amide bonds. The Morgan fingerprint density at radius 3 is 1.79 bits per heavy atom. The van der Waals surface area contributed by atoms with E-state index in [1.807, 2.05) is 50.2 Å². The number of anilines is 2. The van der Waals surface area contributed by atoms with E-state index in [9.17, 15) is 4.79 Å². The average molecular weight is 377 g/mol. The molecule has 28 heavy (non-hydrogen) atoms. The van der Waals surface area contributed by atoms with Crippen LogP contribution >= 0.6 is 0 Å². The highest BCUT2D eigenvalue weighted by molar-refractivity contribution is 5.44. The Balaban J connectivity index is 1.90. The third-order valence-corrected chi connectivity index (χ3v) is 4.78. The molecular formula is C23H28N4O. The molecule has 0 aliphatic rings. The summed E-state index contributed by atoms with van der Waals surface area (Å²) in [4.78, 5) is 17.5. The van der Waals surface area contributed by atoms with Crippen LogP contribution in [0.25, 0.3) is 0 Å². The average Bonchev–Trinajstić information content (AvgIpc) is 2.68. The summed E-state index contributed by atoms with van der Waals surface area (Å²) in [6.07, 6.45) is 0. The second kappa shape index (κ2) is 8.74. The first kappa shape index (κ1) is 19.7. The maximum Gasteiger partial charge on any atom is 0.257 e. The highest BCUT2D eigenvalue weighted by atomic mass is 16.1. The van der Waals surface area contributed by atoms with E-state index in [0.717, 1.165) is 11.1 Å². The van der Waals surface area contributed by atoms with Crippen LogP contribution in [0.4, 0.5) is 11.8 Å². The van der Waals surface area contributed by atoms with Gasteiger partial charge >= 0.3 is 0 Å². The van der Waals surface area contributed by atoms with Gasteiger partial charge in [-0.15, -0.1) is 0 Å². The predicted octanol–water partition coefficient (Wildman–Crippen LogP) is 5.17. The van der Waals surface area contributed by atoms with Crippen LogP contribution in [-0.2, 0) is 0 Å². The van der Waals surface area contributed by atoms with Crippen molar-refractivity contribution in [3.05, 3.63) is 88.2 Å². The van der Waals surface area contributed by atoms with Crippen LogP contribution in [0.2, 0.25) is 0 Å². The molecule has 0 unspecified atom stereocenters. The van der Waals surface area contributed by atoms with Gasteiger partial charge in [-0.2, -0.15) is 4.98 Å². The van der Waals surface area contributed by atoms with Crippen molar-refractivity contribution in [2.24, 2.45) is 0 Å². The van der Waals surface area contributed by atoms with Gasteiger partial charge in [-0.3, -0.25) is 9.36 Å². The number of nitrogens with zero attached hydrogens (tertiary/aromatic N) is 2. The molecular weight excluding hydrogens is 348 g/mol. The largest absolute Gasteiger partial charge is 0.363 e. The van der Waals surface area contributed by atoms with Crippen molar-refractivity contribution in [2.75, 3.05) is 10.6 Å². The van der Waals surface area contributed by atoms with Crippen LogP contribution in [0, 0.1) is 0 Å². The van der Waals surface area contributed by atoms with Crippen molar-refractivity contribution in [1.82, 2.24) is 9.55 Å². The molecule has 0 aliphatic heterocycles. The number of hydrogen-bond donors (Lipinski definition) is 2. The van der Waals surface area contributed by atoms with Gasteiger partial charge in [0.25, 0.3) is 5.56 Å². The Morgan fingerprint density at radius 1 is 0.786 bits per heavy atom. The highest BCUT2D eigenvalue weighted by Crippen LogP contribution is 2.22. The van der Waals surface area contributed by atoms with E-state index in [4.69, 9.17) is 4.98 Å². The summed E-state index contributed by atoms with van der Waals surface area (Å²) < 4.78 is 1.69. The molecule has 1 aromatic heterocycles. The van der Waals surface area contributed by atoms with Crippen LogP contribution in [-0.4, -0.2) is 9.55 Å². The van der Waals surface area contributed by atoms with Gasteiger partial charge in [0.05, 0.1) is 6.04 Å². The fraction of sp³-hybridized carbons (Fsp3) is 0.304. The Labute approximate surface area is 166 Å². The van der Waals surface area contributed by atoms with Crippen molar-refractivity contribution in [1.29, 1.82) is 0 Å². The minimum atomic E-state index is -0.0736. The van der Waals surface area contributed by atoms with Crippen LogP contribution in [0.1, 0.15) is 56.9 Å². The van der Waals surface area contributed by atoms with Gasteiger partial charge in [0.15, 0.2) is 0 Å². The highest BCUT2D eigenvalue weighted by Gasteiger charge is 2.16. The number of rotatable bonds is 7. The van der Waals surface area contributed by atoms with Crippen LogP contribution < -0.4 is 16.2 Å². The fourth-order valence-electron chi connectivity index (χ4n) is 3.23. The van der Waals surface area contributed by atoms with E-state index >= 15 is 0 Å². The molecule has 3 aromatic rings. The van der Waals surface area contributed by atoms with Crippen molar-refractivity contribution in [3.63, 3.8) is 0 Å². The standard InChI is InChI=1S/C23H28N4O/c1-16(2)27-22(28)15-21(24-17(3)19-11-7-5-8-12-19)26-23(27)25-18(4)20-13-9-6-10-14-20/h5-18,24H,1-4H3,(H,25,26)/t17-,18-/m0/s1. The van der Waals surface area contributed by atoms with Crippen molar-refractivity contribution < 1.29 is 0 Å². The van der Waals surface area contributed by atoms with Gasteiger partial charge in [0.2, 0.25) is 5.95 Å². The van der Waals surface area contributed by atoms with Gasteiger partial charge in [-0.25, -0.2) is 0 Å². The molecule has 5 nitrogen and oxygen atoms in total. The van der Waals surface area contributed by atoms with Crippen LogP contribution in [0.15, 0.2) is 71.5 Å². The van der Waals surface area contributed by atoms with Gasteiger partial charge in [-0.05, 0) is 38.8 Å². The van der Waals surface area contributed by atoms with E-state index < -0.39 is 0 Å². The molecule has 2 aromatic carbocycles. The zero-order chi connectivity index (χ0) is 20.1. The summed E-state index contributed by atoms with van der Waals surface area (Å²) in [7, 11) is 0. The molecule has 0 fully saturated rings. The van der Waals surface area contributed by atoms with E-state index in [0.29, 0.717) is 11.8 Å². The van der Waals surface area contributed by atoms with Crippen molar-refractivity contribution in [3.8, 4) is 0 Å². The number of hydrogen-bond acceptors (Lipinski definition) is 4. The molecule has 0 saturated carbocycles. The van der Waals surface area contributed by atoms with E-state index in [1.165, 1.54) is 0 Å². The van der Waals surface area contributed by atoms with Gasteiger partial charge in [0.1, 0.15) is 5.82 Å². The summed E-state index contributed by atoms with van der Waals surface area (Å²) in [6, 6.07) is 21.9. The van der Waals surface area contributed by atoms with Gasteiger partial charge in [-0.1, -0.05) is 60.7 Å². The van der Waals surface area contributed by atoms with Crippen molar-refractivity contribution >= 4 is 11.8 Å². The maximum atomic E-state index is 12.8. The van der Waals surface area contributed by atoms with Crippen LogP contribution in [0.3, 0.4) is 0 Å². The minimum absolute atomic E-state index is 0.00562. The summed E-state index contributed by atoms with van der Waals surface area (Å²) in [6.45, 7) is 8.10. The minimum Gasteiger partial charge on any atom is -0.363 e. The van der Waals surface area contributed by atoms with Crippen molar-refractivity contribution in [2.45, 2.75) is 45.8 Å². The van der Waals surface area contributed by atoms with Crippen LogP contribution in [0.5, 0.6) is 0 Å². The summed E-state index contributed by atoms with van der Waals surface area (Å²) >= 11 is 0. The first-order chi connectivity index (χ1) is 13.5. The lowest BCUT2D eigenvalue weighted by molar-refractivity contribution is 0.570. The lowest BCUT2D eigenvalue weighted by atomic mass is 10.1. The summed E-state index contributed by atoms with van der Waals surface area (Å²) in [5.74, 6) is 1.14. The SMILES string of the molecule is CC(C)n1c(N[C@@H](C)c2ccccc2)nc(N[C@@H](C)c2ccccc2)cc1=O. The van der Waals surface area contributed by atoms with Gasteiger partial charge in [0, 0.05) is 18.2 Å². The number of nitrogens with one attached hydrogen (secondary N) is 2. The normalized spacial score (nSPS) is 13.2. The Morgan fingerprint density at radius 2 is 1.29 bits per heavy atom. The van der Waals surface area contributed by atoms with Gasteiger partial charge < -0.3 is 10.6 Å². The van der Waals surface area contributed by atoms with E-state index in [2.05, 4.69) is 48.7 Å². The third kappa shape index (κ3) is 4.60. The molecule has 146 valence electrons. The predicted molar refractivity (Wildman–Crippen MR) is 116 cm³/mol. The lowest BCUT2D eigenvalue weighted by Crippen LogP contribution is -2.27. The molecule has 2 atom stereocenters. The smallest absolute Gasteiger partial charge is 0.257 e. The molecule has 0 radical (unpaired) electrons. The number of benzene rings is 2. The third-order valence-electron chi connectivity index (χ3n) is 4.78. The first-order valence-electron chi connectivity index (χ1n) is 9.72. The molecule has 0 aliphatic carbocycles. The summed E-state index contributed by atoms with van der Waals surface area (Å²) in [5, 5.41) is 6.77. The Bertz CT molecular complexity index is 951. The fourth-order valence-corrected chi connectivity index (χ4v) is 3.23. The molecule has 3 rings (SSSR count). The topological polar surface area (TPSA) is 59.0 Å². The van der Waals surface area contributed by atoms with E-state index in [1.54, 1.807) is 10.6 Å². The zero-order valence-corrected chi connectivity index (χ0v) is 16.9. The molecule has 5 heteroatoms. The number of aromatic nitrogens is 2. The lowest BCUT2D eigenvalue weighted by Gasteiger charge is -2.22. The Hall–Kier alpha value is -3.08. The first-order valence-corrected chi connectivity index (χ1v) is 9.72. The van der Waals surface area contributed by atoms with E-state index in [-0.39, 0.29) is 23.7 Å².